The highest BCUT2D eigenvalue weighted by atomic mass is 32.2. The number of benzene rings is 1. The van der Waals surface area contributed by atoms with Gasteiger partial charge in [0.05, 0.1) is 11.4 Å². The largest absolute Gasteiger partial charge is 0.365 e. The van der Waals surface area contributed by atoms with Gasteiger partial charge in [-0.3, -0.25) is 0 Å². The number of thioether (sulfide) groups is 1. The Kier molecular flexibility index (Phi) is 4.60. The average molecular weight is 435 g/mol. The van der Waals surface area contributed by atoms with Gasteiger partial charge < -0.3 is 10.3 Å². The second-order valence-electron chi connectivity index (χ2n) is 9.73. The first-order chi connectivity index (χ1) is 15.1. The lowest BCUT2D eigenvalue weighted by Gasteiger charge is -2.57. The highest BCUT2D eigenvalue weighted by molar-refractivity contribution is 7.98. The number of nitrogens with one attached hydrogen (secondary N) is 2. The summed E-state index contributed by atoms with van der Waals surface area (Å²) in [4.78, 5) is 12.9. The third-order valence-corrected chi connectivity index (χ3v) is 8.05. The molecule has 2 heterocycles. The zero-order chi connectivity index (χ0) is 21.0. The van der Waals surface area contributed by atoms with E-state index < -0.39 is 0 Å². The van der Waals surface area contributed by atoms with Crippen LogP contribution in [0, 0.1) is 23.6 Å². The minimum Gasteiger partial charge on any atom is -0.365 e. The van der Waals surface area contributed by atoms with E-state index in [4.69, 9.17) is 4.98 Å². The van der Waals surface area contributed by atoms with E-state index in [0.29, 0.717) is 0 Å². The summed E-state index contributed by atoms with van der Waals surface area (Å²) in [6.45, 7) is 0. The minimum absolute atomic E-state index is 0.218. The second-order valence-corrected chi connectivity index (χ2v) is 10.5. The molecule has 4 saturated carbocycles. The van der Waals surface area contributed by atoms with Crippen LogP contribution in [-0.4, -0.2) is 26.7 Å². The SMILES string of the molecule is CSc1nc(-c2ccnc(NC34CC5CC(CC(C5)C3)C4)c2)c(-c2ccc(F)cc2)[nH]1. The number of rotatable bonds is 5. The molecule has 31 heavy (non-hydrogen) atoms. The van der Waals surface area contributed by atoms with Crippen LogP contribution in [0.2, 0.25) is 0 Å². The maximum absolute atomic E-state index is 13.5. The summed E-state index contributed by atoms with van der Waals surface area (Å²) in [5, 5.41) is 4.73. The molecule has 0 aliphatic heterocycles. The number of aromatic amines is 1. The molecule has 4 aliphatic rings. The van der Waals surface area contributed by atoms with Crippen molar-refractivity contribution in [2.45, 2.75) is 49.2 Å². The van der Waals surface area contributed by atoms with Crippen molar-refractivity contribution in [3.63, 3.8) is 0 Å². The number of hydrogen-bond acceptors (Lipinski definition) is 4. The molecule has 2 N–H and O–H groups in total. The summed E-state index contributed by atoms with van der Waals surface area (Å²) in [6.07, 6.45) is 12.0. The quantitative estimate of drug-likeness (QED) is 0.458. The Labute approximate surface area is 186 Å². The molecule has 4 nitrogen and oxygen atoms in total. The van der Waals surface area contributed by atoms with Gasteiger partial charge in [-0.2, -0.15) is 0 Å². The first-order valence-electron chi connectivity index (χ1n) is 11.2. The third kappa shape index (κ3) is 3.55. The molecule has 3 aromatic rings. The Bertz CT molecular complexity index is 1070. The molecule has 0 amide bonds. The molecular formula is C25H27FN4S. The van der Waals surface area contributed by atoms with Crippen molar-refractivity contribution in [1.29, 1.82) is 0 Å². The van der Waals surface area contributed by atoms with E-state index in [0.717, 1.165) is 51.2 Å². The summed E-state index contributed by atoms with van der Waals surface area (Å²) in [6, 6.07) is 10.7. The van der Waals surface area contributed by atoms with Gasteiger partial charge in [0, 0.05) is 22.9 Å². The molecule has 4 bridgehead atoms. The Hall–Kier alpha value is -2.34. The van der Waals surface area contributed by atoms with Gasteiger partial charge in [0.15, 0.2) is 5.16 Å². The molecule has 160 valence electrons. The van der Waals surface area contributed by atoms with Gasteiger partial charge in [-0.1, -0.05) is 11.8 Å². The first-order valence-corrected chi connectivity index (χ1v) is 12.5. The summed E-state index contributed by atoms with van der Waals surface area (Å²) < 4.78 is 13.5. The predicted molar refractivity (Wildman–Crippen MR) is 124 cm³/mol. The van der Waals surface area contributed by atoms with E-state index in [2.05, 4.69) is 21.4 Å². The minimum atomic E-state index is -0.235. The lowest BCUT2D eigenvalue weighted by Crippen LogP contribution is -2.54. The van der Waals surface area contributed by atoms with E-state index in [1.807, 2.05) is 18.5 Å². The molecule has 0 atom stereocenters. The Morgan fingerprint density at radius 2 is 1.68 bits per heavy atom. The number of nitrogens with zero attached hydrogens (tertiary/aromatic N) is 2. The number of pyridine rings is 1. The molecule has 6 heteroatoms. The van der Waals surface area contributed by atoms with Crippen molar-refractivity contribution in [2.24, 2.45) is 17.8 Å². The summed E-state index contributed by atoms with van der Waals surface area (Å²) >= 11 is 1.57. The summed E-state index contributed by atoms with van der Waals surface area (Å²) in [5.74, 6) is 3.38. The molecule has 1 aromatic carbocycles. The Morgan fingerprint density at radius 1 is 1.00 bits per heavy atom. The molecule has 7 rings (SSSR count). The van der Waals surface area contributed by atoms with Crippen LogP contribution in [0.3, 0.4) is 0 Å². The van der Waals surface area contributed by atoms with Crippen molar-refractivity contribution in [3.05, 3.63) is 48.4 Å². The lowest BCUT2D eigenvalue weighted by atomic mass is 9.53. The third-order valence-electron chi connectivity index (χ3n) is 7.47. The zero-order valence-corrected chi connectivity index (χ0v) is 18.5. The number of anilines is 1. The Morgan fingerprint density at radius 3 is 2.32 bits per heavy atom. The highest BCUT2D eigenvalue weighted by Crippen LogP contribution is 2.56. The van der Waals surface area contributed by atoms with Gasteiger partial charge in [-0.05, 0) is 98.9 Å². The van der Waals surface area contributed by atoms with E-state index in [-0.39, 0.29) is 11.4 Å². The van der Waals surface area contributed by atoms with E-state index >= 15 is 0 Å². The predicted octanol–water partition coefficient (Wildman–Crippen LogP) is 6.38. The molecular weight excluding hydrogens is 407 g/mol. The van der Waals surface area contributed by atoms with Gasteiger partial charge >= 0.3 is 0 Å². The maximum atomic E-state index is 13.5. The van der Waals surface area contributed by atoms with E-state index in [1.165, 1.54) is 50.7 Å². The molecule has 4 fully saturated rings. The molecule has 0 spiro atoms. The van der Waals surface area contributed by atoms with Crippen molar-refractivity contribution in [1.82, 2.24) is 15.0 Å². The fourth-order valence-electron chi connectivity index (χ4n) is 6.66. The number of aromatic nitrogens is 3. The average Bonchev–Trinajstić information content (AvgIpc) is 3.18. The van der Waals surface area contributed by atoms with Crippen LogP contribution in [-0.2, 0) is 0 Å². The van der Waals surface area contributed by atoms with Gasteiger partial charge in [0.25, 0.3) is 0 Å². The monoisotopic (exact) mass is 434 g/mol. The van der Waals surface area contributed by atoms with E-state index in [9.17, 15) is 4.39 Å². The van der Waals surface area contributed by atoms with Crippen LogP contribution >= 0.6 is 11.8 Å². The molecule has 0 unspecified atom stereocenters. The van der Waals surface area contributed by atoms with Gasteiger partial charge in [0.2, 0.25) is 0 Å². The van der Waals surface area contributed by atoms with Crippen LogP contribution in [0.5, 0.6) is 0 Å². The van der Waals surface area contributed by atoms with Crippen LogP contribution in [0.1, 0.15) is 38.5 Å². The number of imidazole rings is 1. The fourth-order valence-corrected chi connectivity index (χ4v) is 7.05. The molecule has 2 aromatic heterocycles. The van der Waals surface area contributed by atoms with Crippen LogP contribution in [0.15, 0.2) is 47.8 Å². The lowest BCUT2D eigenvalue weighted by molar-refractivity contribution is 0.0105. The number of hydrogen-bond donors (Lipinski definition) is 2. The molecule has 0 saturated heterocycles. The van der Waals surface area contributed by atoms with E-state index in [1.54, 1.807) is 23.9 Å². The van der Waals surface area contributed by atoms with Gasteiger partial charge in [0.1, 0.15) is 11.6 Å². The zero-order valence-electron chi connectivity index (χ0n) is 17.7. The second kappa shape index (κ2) is 7.37. The molecule has 0 radical (unpaired) electrons. The van der Waals surface area contributed by atoms with Crippen molar-refractivity contribution in [3.8, 4) is 22.5 Å². The van der Waals surface area contributed by atoms with Crippen molar-refractivity contribution < 1.29 is 4.39 Å². The summed E-state index contributed by atoms with van der Waals surface area (Å²) in [7, 11) is 0. The van der Waals surface area contributed by atoms with Crippen LogP contribution in [0.25, 0.3) is 22.5 Å². The standard InChI is InChI=1S/C25H27FN4S/c1-31-24-28-22(18-2-4-20(26)5-3-18)23(29-24)19-6-7-27-21(11-19)30-25-12-15-8-16(13-25)10-17(9-15)14-25/h2-7,11,15-17H,8-10,12-14H2,1H3,(H,27,30)(H,28,29). The van der Waals surface area contributed by atoms with Crippen LogP contribution < -0.4 is 5.32 Å². The summed E-state index contributed by atoms with van der Waals surface area (Å²) in [5.41, 5.74) is 3.97. The van der Waals surface area contributed by atoms with Gasteiger partial charge in [-0.25, -0.2) is 14.4 Å². The van der Waals surface area contributed by atoms with Crippen molar-refractivity contribution >= 4 is 17.6 Å². The smallest absolute Gasteiger partial charge is 0.166 e. The van der Waals surface area contributed by atoms with Crippen LogP contribution in [0.4, 0.5) is 10.2 Å². The number of H-pyrrole nitrogens is 1. The number of halogens is 1. The highest BCUT2D eigenvalue weighted by Gasteiger charge is 2.51. The Balaban J connectivity index is 1.34. The molecule has 4 aliphatic carbocycles. The first kappa shape index (κ1) is 19.4. The fraction of sp³-hybridized carbons (Fsp3) is 0.440. The van der Waals surface area contributed by atoms with Crippen molar-refractivity contribution in [2.75, 3.05) is 11.6 Å². The topological polar surface area (TPSA) is 53.6 Å². The van der Waals surface area contributed by atoms with Gasteiger partial charge in [-0.15, -0.1) is 0 Å². The normalized spacial score (nSPS) is 28.8. The maximum Gasteiger partial charge on any atom is 0.166 e.